The lowest BCUT2D eigenvalue weighted by atomic mass is 10.1. The molecule has 0 saturated carbocycles. The van der Waals surface area contributed by atoms with Crippen molar-refractivity contribution in [3.05, 3.63) is 29.8 Å². The molecule has 1 aromatic carbocycles. The average Bonchev–Trinajstić information content (AvgIpc) is 2.30. The fraction of sp³-hybridized carbons (Fsp3) is 0.538. The van der Waals surface area contributed by atoms with Crippen molar-refractivity contribution in [3.8, 4) is 5.75 Å². The summed E-state index contributed by atoms with van der Waals surface area (Å²) in [7, 11) is 1.68. The first kappa shape index (κ1) is 11.4. The van der Waals surface area contributed by atoms with Crippen molar-refractivity contribution < 1.29 is 9.84 Å². The Balaban J connectivity index is 1.92. The van der Waals surface area contributed by atoms with E-state index < -0.39 is 0 Å². The van der Waals surface area contributed by atoms with Gasteiger partial charge in [0.2, 0.25) is 0 Å². The quantitative estimate of drug-likeness (QED) is 0.842. The smallest absolute Gasteiger partial charge is 0.118 e. The zero-order valence-corrected chi connectivity index (χ0v) is 9.72. The molecule has 1 unspecified atom stereocenters. The van der Waals surface area contributed by atoms with Gasteiger partial charge < -0.3 is 9.84 Å². The predicted octanol–water partition coefficient (Wildman–Crippen LogP) is 1.65. The number of methoxy groups -OCH3 is 1. The number of hydrogen-bond donors (Lipinski definition) is 1. The highest BCUT2D eigenvalue weighted by Gasteiger charge is 2.17. The van der Waals surface area contributed by atoms with Crippen molar-refractivity contribution >= 4 is 0 Å². The van der Waals surface area contributed by atoms with Gasteiger partial charge in [-0.15, -0.1) is 0 Å². The largest absolute Gasteiger partial charge is 0.497 e. The van der Waals surface area contributed by atoms with Crippen LogP contribution >= 0.6 is 0 Å². The molecule has 0 aromatic heterocycles. The van der Waals surface area contributed by atoms with Gasteiger partial charge in [-0.3, -0.25) is 4.90 Å². The average molecular weight is 221 g/mol. The summed E-state index contributed by atoms with van der Waals surface area (Å²) in [6.45, 7) is 2.80. The van der Waals surface area contributed by atoms with Crippen LogP contribution in [0.3, 0.4) is 0 Å². The van der Waals surface area contributed by atoms with Crippen LogP contribution in [0.2, 0.25) is 0 Å². The first-order valence-corrected chi connectivity index (χ1v) is 5.81. The normalized spacial score (nSPS) is 22.0. The van der Waals surface area contributed by atoms with Gasteiger partial charge in [0.15, 0.2) is 0 Å². The lowest BCUT2D eigenvalue weighted by molar-refractivity contribution is 0.0668. The molecule has 16 heavy (non-hydrogen) atoms. The van der Waals surface area contributed by atoms with Crippen molar-refractivity contribution in [3.63, 3.8) is 0 Å². The maximum absolute atomic E-state index is 9.58. The van der Waals surface area contributed by atoms with E-state index in [1.54, 1.807) is 7.11 Å². The number of rotatable bonds is 3. The van der Waals surface area contributed by atoms with Gasteiger partial charge in [-0.25, -0.2) is 0 Å². The SMILES string of the molecule is COc1ccc(CN2CCCC(O)C2)cc1. The molecule has 3 nitrogen and oxygen atoms in total. The molecule has 88 valence electrons. The molecule has 1 aliphatic heterocycles. The van der Waals surface area contributed by atoms with Crippen LogP contribution in [-0.2, 0) is 6.54 Å². The van der Waals surface area contributed by atoms with E-state index in [0.29, 0.717) is 0 Å². The number of likely N-dealkylation sites (tertiary alicyclic amines) is 1. The second kappa shape index (κ2) is 5.32. The first-order valence-electron chi connectivity index (χ1n) is 5.81. The van der Waals surface area contributed by atoms with Gasteiger partial charge in [0.1, 0.15) is 5.75 Å². The van der Waals surface area contributed by atoms with E-state index in [4.69, 9.17) is 4.74 Å². The molecule has 0 amide bonds. The molecule has 2 rings (SSSR count). The summed E-state index contributed by atoms with van der Waals surface area (Å²) in [5.74, 6) is 0.891. The van der Waals surface area contributed by atoms with Crippen LogP contribution in [0, 0.1) is 0 Å². The number of hydrogen-bond acceptors (Lipinski definition) is 3. The molecule has 1 atom stereocenters. The number of aliphatic hydroxyl groups is 1. The van der Waals surface area contributed by atoms with Crippen molar-refractivity contribution in [1.82, 2.24) is 4.90 Å². The molecular formula is C13H19NO2. The third-order valence-corrected chi connectivity index (χ3v) is 3.05. The number of aliphatic hydroxyl groups excluding tert-OH is 1. The molecule has 0 spiro atoms. The Morgan fingerprint density at radius 2 is 2.12 bits per heavy atom. The molecule has 1 fully saturated rings. The lowest BCUT2D eigenvalue weighted by Crippen LogP contribution is -2.37. The minimum absolute atomic E-state index is 0.146. The summed E-state index contributed by atoms with van der Waals surface area (Å²) in [5, 5.41) is 9.58. The fourth-order valence-corrected chi connectivity index (χ4v) is 2.16. The van der Waals surface area contributed by atoms with Crippen molar-refractivity contribution in [2.24, 2.45) is 0 Å². The molecule has 1 saturated heterocycles. The molecule has 1 heterocycles. The Labute approximate surface area is 96.6 Å². The summed E-state index contributed by atoms with van der Waals surface area (Å²) >= 11 is 0. The Morgan fingerprint density at radius 1 is 1.38 bits per heavy atom. The number of nitrogens with zero attached hydrogens (tertiary/aromatic N) is 1. The van der Waals surface area contributed by atoms with Crippen LogP contribution in [0.1, 0.15) is 18.4 Å². The number of ether oxygens (including phenoxy) is 1. The fourth-order valence-electron chi connectivity index (χ4n) is 2.16. The van der Waals surface area contributed by atoms with Crippen LogP contribution in [0.25, 0.3) is 0 Å². The van der Waals surface area contributed by atoms with E-state index in [1.807, 2.05) is 12.1 Å². The van der Waals surface area contributed by atoms with E-state index >= 15 is 0 Å². The molecule has 1 aliphatic rings. The maximum Gasteiger partial charge on any atom is 0.118 e. The zero-order chi connectivity index (χ0) is 11.4. The van der Waals surface area contributed by atoms with E-state index in [0.717, 1.165) is 38.2 Å². The monoisotopic (exact) mass is 221 g/mol. The number of piperidine rings is 1. The van der Waals surface area contributed by atoms with Crippen molar-refractivity contribution in [2.75, 3.05) is 20.2 Å². The second-order valence-electron chi connectivity index (χ2n) is 4.38. The third-order valence-electron chi connectivity index (χ3n) is 3.05. The molecule has 1 N–H and O–H groups in total. The van der Waals surface area contributed by atoms with Gasteiger partial charge in [-0.1, -0.05) is 12.1 Å². The van der Waals surface area contributed by atoms with Gasteiger partial charge in [-0.2, -0.15) is 0 Å². The van der Waals surface area contributed by atoms with Crippen molar-refractivity contribution in [2.45, 2.75) is 25.5 Å². The first-order chi connectivity index (χ1) is 7.78. The Hall–Kier alpha value is -1.06. The van der Waals surface area contributed by atoms with E-state index in [9.17, 15) is 5.11 Å². The van der Waals surface area contributed by atoms with Crippen LogP contribution < -0.4 is 4.74 Å². The summed E-state index contributed by atoms with van der Waals surface area (Å²) < 4.78 is 5.12. The number of β-amino-alcohol motifs (C(OH)–C–C–N with tert-alkyl or cyclic N) is 1. The molecule has 0 aliphatic carbocycles. The van der Waals surface area contributed by atoms with Crippen molar-refractivity contribution in [1.29, 1.82) is 0 Å². The maximum atomic E-state index is 9.58. The Bertz CT molecular complexity index is 323. The molecule has 0 bridgehead atoms. The number of benzene rings is 1. The van der Waals surface area contributed by atoms with Gasteiger partial charge in [0, 0.05) is 13.1 Å². The second-order valence-corrected chi connectivity index (χ2v) is 4.38. The standard InChI is InChI=1S/C13H19NO2/c1-16-13-6-4-11(5-7-13)9-14-8-2-3-12(15)10-14/h4-7,12,15H,2-3,8-10H2,1H3. The van der Waals surface area contributed by atoms with Crippen LogP contribution in [-0.4, -0.2) is 36.3 Å². The molecule has 0 radical (unpaired) electrons. The summed E-state index contributed by atoms with van der Waals surface area (Å²) in [6.07, 6.45) is 1.89. The molecular weight excluding hydrogens is 202 g/mol. The van der Waals surface area contributed by atoms with E-state index in [1.165, 1.54) is 5.56 Å². The van der Waals surface area contributed by atoms with Gasteiger partial charge in [0.25, 0.3) is 0 Å². The highest BCUT2D eigenvalue weighted by molar-refractivity contribution is 5.27. The van der Waals surface area contributed by atoms with Crippen LogP contribution in [0.5, 0.6) is 5.75 Å². The van der Waals surface area contributed by atoms with E-state index in [2.05, 4.69) is 17.0 Å². The predicted molar refractivity (Wildman–Crippen MR) is 63.5 cm³/mol. The molecule has 3 heteroatoms. The minimum atomic E-state index is -0.146. The summed E-state index contributed by atoms with van der Waals surface area (Å²) in [4.78, 5) is 2.30. The summed E-state index contributed by atoms with van der Waals surface area (Å²) in [6, 6.07) is 8.13. The third kappa shape index (κ3) is 2.97. The summed E-state index contributed by atoms with van der Waals surface area (Å²) in [5.41, 5.74) is 1.27. The Kier molecular flexibility index (Phi) is 3.80. The minimum Gasteiger partial charge on any atom is -0.497 e. The van der Waals surface area contributed by atoms with E-state index in [-0.39, 0.29) is 6.10 Å². The highest BCUT2D eigenvalue weighted by atomic mass is 16.5. The lowest BCUT2D eigenvalue weighted by Gasteiger charge is -2.29. The Morgan fingerprint density at radius 3 is 2.75 bits per heavy atom. The molecule has 1 aromatic rings. The highest BCUT2D eigenvalue weighted by Crippen LogP contribution is 2.16. The van der Waals surface area contributed by atoms with Gasteiger partial charge >= 0.3 is 0 Å². The van der Waals surface area contributed by atoms with Gasteiger partial charge in [-0.05, 0) is 37.1 Å². The van der Waals surface area contributed by atoms with Gasteiger partial charge in [0.05, 0.1) is 13.2 Å². The van der Waals surface area contributed by atoms with Crippen LogP contribution in [0.15, 0.2) is 24.3 Å². The van der Waals surface area contributed by atoms with Crippen LogP contribution in [0.4, 0.5) is 0 Å². The topological polar surface area (TPSA) is 32.7 Å². The zero-order valence-electron chi connectivity index (χ0n) is 9.72.